The smallest absolute Gasteiger partial charge is 0.141 e. The molecule has 0 radical (unpaired) electrons. The molecular formula is C17H23N5. The Labute approximate surface area is 130 Å². The fourth-order valence-electron chi connectivity index (χ4n) is 2.89. The Morgan fingerprint density at radius 2 is 2.09 bits per heavy atom. The molecule has 0 bridgehead atoms. The van der Waals surface area contributed by atoms with Crippen LogP contribution < -0.4 is 0 Å². The number of nitrogens with one attached hydrogen (secondary N) is 1. The summed E-state index contributed by atoms with van der Waals surface area (Å²) in [6, 6.07) is 2.42. The summed E-state index contributed by atoms with van der Waals surface area (Å²) in [5.41, 5.74) is 3.12. The first kappa shape index (κ1) is 14.8. The Morgan fingerprint density at radius 3 is 2.82 bits per heavy atom. The van der Waals surface area contributed by atoms with E-state index in [0.29, 0.717) is 6.04 Å². The third kappa shape index (κ3) is 2.89. The number of nitrogens with zero attached hydrogens (tertiary/aromatic N) is 4. The molecular weight excluding hydrogens is 274 g/mol. The molecule has 3 aromatic heterocycles. The maximum absolute atomic E-state index is 4.59. The minimum Gasteiger partial charge on any atom is -0.346 e. The first-order valence-corrected chi connectivity index (χ1v) is 7.80. The molecule has 3 heterocycles. The lowest BCUT2D eigenvalue weighted by Gasteiger charge is -2.25. The summed E-state index contributed by atoms with van der Waals surface area (Å²) in [6.45, 7) is 9.03. The summed E-state index contributed by atoms with van der Waals surface area (Å²) in [5.74, 6) is 0. The Kier molecular flexibility index (Phi) is 3.72. The molecule has 0 saturated heterocycles. The van der Waals surface area contributed by atoms with Crippen molar-refractivity contribution in [2.45, 2.75) is 46.6 Å². The third-order valence-electron chi connectivity index (χ3n) is 3.92. The molecule has 0 fully saturated rings. The highest BCUT2D eigenvalue weighted by molar-refractivity contribution is 5.89. The van der Waals surface area contributed by atoms with Crippen LogP contribution in [-0.2, 0) is 0 Å². The van der Waals surface area contributed by atoms with Crippen molar-refractivity contribution < 1.29 is 0 Å². The Hall–Kier alpha value is -2.17. The van der Waals surface area contributed by atoms with E-state index < -0.39 is 0 Å². The van der Waals surface area contributed by atoms with Crippen LogP contribution >= 0.6 is 0 Å². The van der Waals surface area contributed by atoms with Crippen LogP contribution in [0.5, 0.6) is 0 Å². The van der Waals surface area contributed by atoms with E-state index in [0.717, 1.165) is 35.1 Å². The van der Waals surface area contributed by atoms with Crippen molar-refractivity contribution in [3.05, 3.63) is 31.0 Å². The molecule has 0 aliphatic carbocycles. The molecule has 0 amide bonds. The summed E-state index contributed by atoms with van der Waals surface area (Å²) in [6.07, 6.45) is 9.67. The highest BCUT2D eigenvalue weighted by Crippen LogP contribution is 2.31. The van der Waals surface area contributed by atoms with Gasteiger partial charge in [-0.25, -0.2) is 9.97 Å². The molecule has 5 heteroatoms. The van der Waals surface area contributed by atoms with E-state index in [4.69, 9.17) is 0 Å². The number of hydrogen-bond donors (Lipinski definition) is 1. The lowest BCUT2D eigenvalue weighted by molar-refractivity contribution is 0.273. The molecule has 0 spiro atoms. The molecule has 0 aliphatic rings. The zero-order valence-electron chi connectivity index (χ0n) is 13.7. The second-order valence-corrected chi connectivity index (χ2v) is 7.00. The van der Waals surface area contributed by atoms with Crippen molar-refractivity contribution in [1.29, 1.82) is 0 Å². The highest BCUT2D eigenvalue weighted by Gasteiger charge is 2.20. The van der Waals surface area contributed by atoms with E-state index in [2.05, 4.69) is 58.6 Å². The van der Waals surface area contributed by atoms with Crippen LogP contribution in [0.3, 0.4) is 0 Å². The van der Waals surface area contributed by atoms with Gasteiger partial charge in [-0.3, -0.25) is 4.68 Å². The van der Waals surface area contributed by atoms with Gasteiger partial charge in [0.15, 0.2) is 0 Å². The van der Waals surface area contributed by atoms with Crippen LogP contribution in [0.4, 0.5) is 0 Å². The summed E-state index contributed by atoms with van der Waals surface area (Å²) in [5, 5.41) is 5.62. The number of hydrogen-bond acceptors (Lipinski definition) is 3. The number of H-pyrrole nitrogens is 1. The van der Waals surface area contributed by atoms with Gasteiger partial charge in [0.05, 0.1) is 17.9 Å². The van der Waals surface area contributed by atoms with Crippen LogP contribution in [0.25, 0.3) is 22.3 Å². The number of aromatic amines is 1. The Bertz CT molecular complexity index is 763. The lowest BCUT2D eigenvalue weighted by Crippen LogP contribution is -2.17. The minimum atomic E-state index is 0.287. The molecule has 0 aromatic carbocycles. The van der Waals surface area contributed by atoms with Crippen molar-refractivity contribution in [2.24, 2.45) is 5.41 Å². The van der Waals surface area contributed by atoms with Gasteiger partial charge in [0.2, 0.25) is 0 Å². The van der Waals surface area contributed by atoms with E-state index in [1.165, 1.54) is 0 Å². The van der Waals surface area contributed by atoms with Gasteiger partial charge in [-0.05, 0) is 24.3 Å². The molecule has 3 rings (SSSR count). The monoisotopic (exact) mass is 297 g/mol. The first-order chi connectivity index (χ1) is 10.5. The molecule has 1 unspecified atom stereocenters. The van der Waals surface area contributed by atoms with E-state index in [-0.39, 0.29) is 5.41 Å². The topological polar surface area (TPSA) is 59.4 Å². The fraction of sp³-hybridized carbons (Fsp3) is 0.471. The largest absolute Gasteiger partial charge is 0.346 e. The Morgan fingerprint density at radius 1 is 1.27 bits per heavy atom. The van der Waals surface area contributed by atoms with E-state index in [9.17, 15) is 0 Å². The molecule has 116 valence electrons. The quantitative estimate of drug-likeness (QED) is 0.784. The fourth-order valence-corrected chi connectivity index (χ4v) is 2.89. The Balaban J connectivity index is 1.95. The molecule has 22 heavy (non-hydrogen) atoms. The van der Waals surface area contributed by atoms with Crippen LogP contribution in [0.1, 0.15) is 46.6 Å². The van der Waals surface area contributed by atoms with Gasteiger partial charge in [-0.2, -0.15) is 5.10 Å². The summed E-state index contributed by atoms with van der Waals surface area (Å²) >= 11 is 0. The third-order valence-corrected chi connectivity index (χ3v) is 3.92. The summed E-state index contributed by atoms with van der Waals surface area (Å²) in [4.78, 5) is 11.8. The van der Waals surface area contributed by atoms with Crippen molar-refractivity contribution in [2.75, 3.05) is 0 Å². The molecule has 0 saturated carbocycles. The van der Waals surface area contributed by atoms with Crippen LogP contribution in [-0.4, -0.2) is 24.7 Å². The lowest BCUT2D eigenvalue weighted by atomic mass is 9.87. The van der Waals surface area contributed by atoms with Gasteiger partial charge >= 0.3 is 0 Å². The predicted molar refractivity (Wildman–Crippen MR) is 88.5 cm³/mol. The van der Waals surface area contributed by atoms with Gasteiger partial charge in [0.25, 0.3) is 0 Å². The van der Waals surface area contributed by atoms with Crippen molar-refractivity contribution in [3.63, 3.8) is 0 Å². The van der Waals surface area contributed by atoms with Gasteiger partial charge in [-0.15, -0.1) is 0 Å². The zero-order valence-corrected chi connectivity index (χ0v) is 13.7. The maximum atomic E-state index is 4.59. The number of rotatable bonds is 4. The van der Waals surface area contributed by atoms with E-state index in [1.807, 2.05) is 18.5 Å². The molecule has 0 aliphatic heterocycles. The van der Waals surface area contributed by atoms with Gasteiger partial charge in [-0.1, -0.05) is 27.7 Å². The van der Waals surface area contributed by atoms with Crippen LogP contribution in [0, 0.1) is 5.41 Å². The maximum Gasteiger partial charge on any atom is 0.141 e. The van der Waals surface area contributed by atoms with Gasteiger partial charge < -0.3 is 4.98 Å². The van der Waals surface area contributed by atoms with E-state index in [1.54, 1.807) is 6.33 Å². The van der Waals surface area contributed by atoms with E-state index >= 15 is 0 Å². The zero-order chi connectivity index (χ0) is 15.7. The van der Waals surface area contributed by atoms with Gasteiger partial charge in [0, 0.05) is 23.3 Å². The molecule has 5 nitrogen and oxygen atoms in total. The van der Waals surface area contributed by atoms with Crippen LogP contribution in [0.15, 0.2) is 31.0 Å². The second-order valence-electron chi connectivity index (χ2n) is 7.00. The molecule has 1 atom stereocenters. The summed E-state index contributed by atoms with van der Waals surface area (Å²) < 4.78 is 2.08. The van der Waals surface area contributed by atoms with Crippen molar-refractivity contribution in [1.82, 2.24) is 24.7 Å². The highest BCUT2D eigenvalue weighted by atomic mass is 15.3. The minimum absolute atomic E-state index is 0.287. The molecule has 3 aromatic rings. The van der Waals surface area contributed by atoms with Crippen molar-refractivity contribution in [3.8, 4) is 11.3 Å². The van der Waals surface area contributed by atoms with Crippen molar-refractivity contribution >= 4 is 11.0 Å². The standard InChI is InChI=1S/C17H23N5/c1-5-13(8-17(2,3)4)22-10-12(9-21-22)15-14-6-7-18-16(14)20-11-19-15/h6-7,9-11,13H,5,8H2,1-4H3,(H,18,19,20). The SMILES string of the molecule is CCC(CC(C)(C)C)n1cc(-c2ncnc3[nH]ccc23)cn1. The predicted octanol–water partition coefficient (Wildman–Crippen LogP) is 4.21. The van der Waals surface area contributed by atoms with Gasteiger partial charge in [0.1, 0.15) is 12.0 Å². The second kappa shape index (κ2) is 5.55. The number of aromatic nitrogens is 5. The summed E-state index contributed by atoms with van der Waals surface area (Å²) in [7, 11) is 0. The first-order valence-electron chi connectivity index (χ1n) is 7.80. The number of fused-ring (bicyclic) bond motifs is 1. The van der Waals surface area contributed by atoms with Crippen LogP contribution in [0.2, 0.25) is 0 Å². The average Bonchev–Trinajstić information content (AvgIpc) is 3.12. The normalized spacial score (nSPS) is 13.6. The average molecular weight is 297 g/mol. The molecule has 1 N–H and O–H groups in total.